The van der Waals surface area contributed by atoms with Gasteiger partial charge in [-0.3, -0.25) is 4.98 Å². The highest BCUT2D eigenvalue weighted by Gasteiger charge is 2.01. The molecule has 0 aliphatic rings. The molecule has 3 nitrogen and oxygen atoms in total. The normalized spacial score (nSPS) is 10.5. The van der Waals surface area contributed by atoms with Crippen LogP contribution >= 0.6 is 0 Å². The first kappa shape index (κ1) is 8.01. The Bertz CT molecular complexity index is 440. The maximum Gasteiger partial charge on any atom is 0.118 e. The van der Waals surface area contributed by atoms with Gasteiger partial charge in [0, 0.05) is 24.2 Å². The molecule has 0 aliphatic heterocycles. The predicted octanol–water partition coefficient (Wildman–Crippen LogP) is 1.40. The van der Waals surface area contributed by atoms with Gasteiger partial charge in [-0.15, -0.1) is 0 Å². The fourth-order valence-corrected chi connectivity index (χ4v) is 1.41. The Labute approximate surface area is 75.8 Å². The van der Waals surface area contributed by atoms with E-state index < -0.39 is 0 Å². The zero-order valence-corrected chi connectivity index (χ0v) is 7.07. The van der Waals surface area contributed by atoms with Gasteiger partial charge in [-0.1, -0.05) is 6.07 Å². The summed E-state index contributed by atoms with van der Waals surface area (Å²) in [5, 5.41) is 10.3. The van der Waals surface area contributed by atoms with Crippen molar-refractivity contribution < 1.29 is 5.11 Å². The molecule has 1 aromatic heterocycles. The quantitative estimate of drug-likeness (QED) is 0.687. The Balaban J connectivity index is 2.81. The van der Waals surface area contributed by atoms with E-state index >= 15 is 0 Å². The molecule has 0 bridgehead atoms. The molecule has 0 aliphatic carbocycles. The number of benzene rings is 1. The molecule has 66 valence electrons. The molecule has 2 rings (SSSR count). The van der Waals surface area contributed by atoms with Gasteiger partial charge >= 0.3 is 0 Å². The summed E-state index contributed by atoms with van der Waals surface area (Å²) in [7, 11) is 0. The van der Waals surface area contributed by atoms with Gasteiger partial charge in [-0.2, -0.15) is 0 Å². The molecule has 3 heteroatoms. The summed E-state index contributed by atoms with van der Waals surface area (Å²) in [6.07, 6.45) is 1.70. The molecule has 13 heavy (non-hydrogen) atoms. The summed E-state index contributed by atoms with van der Waals surface area (Å²) in [5.41, 5.74) is 7.25. The molecule has 0 spiro atoms. The maximum atomic E-state index is 9.35. The number of hydrogen-bond donors (Lipinski definition) is 2. The minimum atomic E-state index is 0.214. The number of aromatic nitrogens is 1. The molecule has 0 saturated carbocycles. The molecular formula is C10H10N2O. The fraction of sp³-hybridized carbons (Fsp3) is 0.100. The number of phenolic OH excluding ortho intramolecular Hbond substituents is 1. The van der Waals surface area contributed by atoms with E-state index in [4.69, 9.17) is 5.73 Å². The molecule has 0 unspecified atom stereocenters. The van der Waals surface area contributed by atoms with Crippen LogP contribution in [-0.4, -0.2) is 10.1 Å². The third-order valence-corrected chi connectivity index (χ3v) is 2.01. The SMILES string of the molecule is NCc1cc(O)cc2ncccc12. The highest BCUT2D eigenvalue weighted by Crippen LogP contribution is 2.22. The van der Waals surface area contributed by atoms with Gasteiger partial charge in [0.25, 0.3) is 0 Å². The minimum absolute atomic E-state index is 0.214. The lowest BCUT2D eigenvalue weighted by Crippen LogP contribution is -1.97. The van der Waals surface area contributed by atoms with E-state index in [1.807, 2.05) is 12.1 Å². The van der Waals surface area contributed by atoms with Crippen molar-refractivity contribution in [3.63, 3.8) is 0 Å². The topological polar surface area (TPSA) is 59.1 Å². The van der Waals surface area contributed by atoms with Crippen LogP contribution in [0.2, 0.25) is 0 Å². The number of hydrogen-bond acceptors (Lipinski definition) is 3. The third-order valence-electron chi connectivity index (χ3n) is 2.01. The maximum absolute atomic E-state index is 9.35. The first-order valence-corrected chi connectivity index (χ1v) is 4.08. The van der Waals surface area contributed by atoms with Crippen LogP contribution in [0.5, 0.6) is 5.75 Å². The zero-order chi connectivity index (χ0) is 9.26. The van der Waals surface area contributed by atoms with Crippen molar-refractivity contribution in [1.82, 2.24) is 4.98 Å². The number of rotatable bonds is 1. The number of aromatic hydroxyl groups is 1. The lowest BCUT2D eigenvalue weighted by atomic mass is 10.1. The van der Waals surface area contributed by atoms with Crippen LogP contribution in [0.1, 0.15) is 5.56 Å². The van der Waals surface area contributed by atoms with Gasteiger partial charge in [0.05, 0.1) is 5.52 Å². The van der Waals surface area contributed by atoms with Crippen LogP contribution in [0.3, 0.4) is 0 Å². The highest BCUT2D eigenvalue weighted by molar-refractivity contribution is 5.83. The molecule has 1 heterocycles. The Morgan fingerprint density at radius 2 is 2.23 bits per heavy atom. The molecular weight excluding hydrogens is 164 g/mol. The van der Waals surface area contributed by atoms with E-state index in [0.717, 1.165) is 16.5 Å². The van der Waals surface area contributed by atoms with Crippen molar-refractivity contribution in [3.8, 4) is 5.75 Å². The van der Waals surface area contributed by atoms with Crippen LogP contribution in [-0.2, 0) is 6.54 Å². The van der Waals surface area contributed by atoms with Crippen LogP contribution in [0.4, 0.5) is 0 Å². The highest BCUT2D eigenvalue weighted by atomic mass is 16.3. The average Bonchev–Trinajstić information content (AvgIpc) is 2.16. The van der Waals surface area contributed by atoms with Crippen LogP contribution in [0.15, 0.2) is 30.5 Å². The smallest absolute Gasteiger partial charge is 0.118 e. The van der Waals surface area contributed by atoms with Crippen molar-refractivity contribution in [3.05, 3.63) is 36.0 Å². The predicted molar refractivity (Wildman–Crippen MR) is 51.3 cm³/mol. The number of phenols is 1. The van der Waals surface area contributed by atoms with E-state index in [1.54, 1.807) is 18.3 Å². The van der Waals surface area contributed by atoms with Gasteiger partial charge in [-0.25, -0.2) is 0 Å². The minimum Gasteiger partial charge on any atom is -0.508 e. The van der Waals surface area contributed by atoms with Crippen LogP contribution in [0, 0.1) is 0 Å². The van der Waals surface area contributed by atoms with E-state index in [2.05, 4.69) is 4.98 Å². The molecule has 0 radical (unpaired) electrons. The van der Waals surface area contributed by atoms with Crippen LogP contribution in [0.25, 0.3) is 10.9 Å². The van der Waals surface area contributed by atoms with E-state index in [-0.39, 0.29) is 5.75 Å². The Kier molecular flexibility index (Phi) is 1.87. The Morgan fingerprint density at radius 3 is 3.00 bits per heavy atom. The standard InChI is InChI=1S/C10H10N2O/c11-6-7-4-8(13)5-10-9(7)2-1-3-12-10/h1-5,13H,6,11H2. The zero-order valence-electron chi connectivity index (χ0n) is 7.07. The lowest BCUT2D eigenvalue weighted by molar-refractivity contribution is 0.475. The van der Waals surface area contributed by atoms with Crippen molar-refractivity contribution in [2.75, 3.05) is 0 Å². The van der Waals surface area contributed by atoms with Gasteiger partial charge in [0.1, 0.15) is 5.75 Å². The Morgan fingerprint density at radius 1 is 1.38 bits per heavy atom. The lowest BCUT2D eigenvalue weighted by Gasteiger charge is -2.03. The number of fused-ring (bicyclic) bond motifs is 1. The van der Waals surface area contributed by atoms with Gasteiger partial charge in [0.15, 0.2) is 0 Å². The summed E-state index contributed by atoms with van der Waals surface area (Å²) >= 11 is 0. The molecule has 2 aromatic rings. The molecule has 0 atom stereocenters. The molecule has 3 N–H and O–H groups in total. The summed E-state index contributed by atoms with van der Waals surface area (Å²) in [4.78, 5) is 4.14. The Hall–Kier alpha value is -1.61. The molecule has 1 aromatic carbocycles. The van der Waals surface area contributed by atoms with Gasteiger partial charge in [0.2, 0.25) is 0 Å². The number of pyridine rings is 1. The number of nitrogens with zero attached hydrogens (tertiary/aromatic N) is 1. The van der Waals surface area contributed by atoms with E-state index in [9.17, 15) is 5.11 Å². The van der Waals surface area contributed by atoms with Crippen molar-refractivity contribution in [2.24, 2.45) is 5.73 Å². The average molecular weight is 174 g/mol. The van der Waals surface area contributed by atoms with Gasteiger partial charge < -0.3 is 10.8 Å². The van der Waals surface area contributed by atoms with Crippen LogP contribution < -0.4 is 5.73 Å². The van der Waals surface area contributed by atoms with E-state index in [0.29, 0.717) is 6.54 Å². The monoisotopic (exact) mass is 174 g/mol. The summed E-state index contributed by atoms with van der Waals surface area (Å²) in [6.45, 7) is 0.413. The van der Waals surface area contributed by atoms with Crippen molar-refractivity contribution in [1.29, 1.82) is 0 Å². The second-order valence-corrected chi connectivity index (χ2v) is 2.88. The molecule has 0 amide bonds. The van der Waals surface area contributed by atoms with Crippen molar-refractivity contribution in [2.45, 2.75) is 6.54 Å². The number of nitrogens with two attached hydrogens (primary N) is 1. The first-order valence-electron chi connectivity index (χ1n) is 4.08. The molecule has 0 fully saturated rings. The first-order chi connectivity index (χ1) is 6.31. The largest absolute Gasteiger partial charge is 0.508 e. The third kappa shape index (κ3) is 1.34. The second kappa shape index (κ2) is 3.03. The fourth-order valence-electron chi connectivity index (χ4n) is 1.41. The second-order valence-electron chi connectivity index (χ2n) is 2.88. The molecule has 0 saturated heterocycles. The van der Waals surface area contributed by atoms with E-state index in [1.165, 1.54) is 0 Å². The van der Waals surface area contributed by atoms with Gasteiger partial charge in [-0.05, 0) is 17.7 Å². The summed E-state index contributed by atoms with van der Waals surface area (Å²) in [5.74, 6) is 0.214. The summed E-state index contributed by atoms with van der Waals surface area (Å²) < 4.78 is 0. The van der Waals surface area contributed by atoms with Crippen molar-refractivity contribution >= 4 is 10.9 Å². The summed E-state index contributed by atoms with van der Waals surface area (Å²) in [6, 6.07) is 7.11.